The van der Waals surface area contributed by atoms with Crippen molar-refractivity contribution in [2.24, 2.45) is 0 Å². The van der Waals surface area contributed by atoms with Crippen molar-refractivity contribution >= 4 is 67.4 Å². The summed E-state index contributed by atoms with van der Waals surface area (Å²) < 4.78 is 0.992. The van der Waals surface area contributed by atoms with E-state index in [0.717, 1.165) is 35.4 Å². The average Bonchev–Trinajstić information content (AvgIpc) is 3.12. The number of amides is 1. The van der Waals surface area contributed by atoms with Crippen molar-refractivity contribution in [1.82, 2.24) is 9.88 Å². The molecule has 1 heterocycles. The van der Waals surface area contributed by atoms with E-state index in [1.54, 1.807) is 23.1 Å². The lowest BCUT2D eigenvalue weighted by Gasteiger charge is -2.25. The summed E-state index contributed by atoms with van der Waals surface area (Å²) in [5.41, 5.74) is 2.17. The monoisotopic (exact) mass is 469 g/mol. The molecule has 29 heavy (non-hydrogen) atoms. The average molecular weight is 471 g/mol. The summed E-state index contributed by atoms with van der Waals surface area (Å²) in [6.07, 6.45) is 0. The number of likely N-dealkylation sites (N-methyl/N-ethyl adjacent to an activating group) is 1. The van der Waals surface area contributed by atoms with Crippen LogP contribution in [0.4, 0.5) is 5.13 Å². The molecule has 3 rings (SSSR count). The van der Waals surface area contributed by atoms with Crippen LogP contribution >= 0.6 is 46.1 Å². The van der Waals surface area contributed by atoms with Crippen LogP contribution in [0.25, 0.3) is 10.2 Å². The second kappa shape index (κ2) is 9.63. The Hall–Kier alpha value is -1.37. The highest BCUT2D eigenvalue weighted by molar-refractivity contribution is 7.22. The molecule has 0 fully saturated rings. The summed E-state index contributed by atoms with van der Waals surface area (Å²) in [4.78, 5) is 22.1. The lowest BCUT2D eigenvalue weighted by Crippen LogP contribution is -2.38. The van der Waals surface area contributed by atoms with Gasteiger partial charge in [-0.25, -0.2) is 4.98 Å². The Bertz CT molecular complexity index is 1010. The number of hydrogen-bond acceptors (Lipinski definition) is 4. The van der Waals surface area contributed by atoms with E-state index in [9.17, 15) is 4.79 Å². The number of halogens is 3. The molecule has 1 aromatic heterocycles. The summed E-state index contributed by atoms with van der Waals surface area (Å²) in [6, 6.07) is 8.68. The highest BCUT2D eigenvalue weighted by atomic mass is 35.5. The molecule has 0 aliphatic carbocycles. The Morgan fingerprint density at radius 3 is 2.31 bits per heavy atom. The molecule has 0 aliphatic rings. The van der Waals surface area contributed by atoms with Crippen LogP contribution in [0.15, 0.2) is 30.3 Å². The van der Waals surface area contributed by atoms with Crippen LogP contribution in [0, 0.1) is 6.92 Å². The predicted octanol–water partition coefficient (Wildman–Crippen LogP) is 6.55. The van der Waals surface area contributed by atoms with E-state index in [-0.39, 0.29) is 5.91 Å². The lowest BCUT2D eigenvalue weighted by molar-refractivity contribution is 0.0984. The van der Waals surface area contributed by atoms with Crippen molar-refractivity contribution in [2.45, 2.75) is 20.8 Å². The molecule has 0 spiro atoms. The number of carbonyl (C=O) groups excluding carboxylic acids is 1. The topological polar surface area (TPSA) is 36.4 Å². The van der Waals surface area contributed by atoms with Gasteiger partial charge in [-0.05, 0) is 55.9 Å². The van der Waals surface area contributed by atoms with Crippen molar-refractivity contribution < 1.29 is 4.79 Å². The van der Waals surface area contributed by atoms with Gasteiger partial charge in [0, 0.05) is 33.7 Å². The van der Waals surface area contributed by atoms with Crippen LogP contribution in [-0.4, -0.2) is 42.0 Å². The first-order valence-electron chi connectivity index (χ1n) is 9.40. The third-order valence-corrected chi connectivity index (χ3v) is 6.75. The number of fused-ring (bicyclic) bond motifs is 1. The van der Waals surface area contributed by atoms with Crippen LogP contribution in [0.5, 0.6) is 0 Å². The number of benzene rings is 2. The Morgan fingerprint density at radius 2 is 1.69 bits per heavy atom. The van der Waals surface area contributed by atoms with Gasteiger partial charge in [0.1, 0.15) is 0 Å². The van der Waals surface area contributed by atoms with Crippen molar-refractivity contribution in [3.8, 4) is 0 Å². The van der Waals surface area contributed by atoms with Gasteiger partial charge >= 0.3 is 0 Å². The van der Waals surface area contributed by atoms with Gasteiger partial charge in [0.15, 0.2) is 5.13 Å². The zero-order chi connectivity index (χ0) is 21.1. The molecule has 4 nitrogen and oxygen atoms in total. The summed E-state index contributed by atoms with van der Waals surface area (Å²) >= 11 is 20.0. The molecule has 154 valence electrons. The number of nitrogens with zero attached hydrogens (tertiary/aromatic N) is 3. The Kier molecular flexibility index (Phi) is 7.41. The number of hydrogen-bond donors (Lipinski definition) is 0. The lowest BCUT2D eigenvalue weighted by atomic mass is 10.2. The van der Waals surface area contributed by atoms with Crippen molar-refractivity contribution in [3.63, 3.8) is 0 Å². The number of anilines is 1. The molecule has 0 radical (unpaired) electrons. The van der Waals surface area contributed by atoms with Crippen molar-refractivity contribution in [1.29, 1.82) is 0 Å². The maximum absolute atomic E-state index is 13.4. The third-order valence-electron chi connectivity index (χ3n) is 4.86. The fourth-order valence-electron chi connectivity index (χ4n) is 3.10. The Balaban J connectivity index is 2.02. The molecule has 0 saturated heterocycles. The number of aryl methyl sites for hydroxylation is 1. The second-order valence-electron chi connectivity index (χ2n) is 6.66. The van der Waals surface area contributed by atoms with E-state index in [1.165, 1.54) is 11.3 Å². The highest BCUT2D eigenvalue weighted by Crippen LogP contribution is 2.34. The normalized spacial score (nSPS) is 11.4. The molecular weight excluding hydrogens is 449 g/mol. The van der Waals surface area contributed by atoms with Gasteiger partial charge < -0.3 is 4.90 Å². The van der Waals surface area contributed by atoms with Crippen molar-refractivity contribution in [3.05, 3.63) is 56.5 Å². The molecule has 2 aromatic carbocycles. The molecule has 0 N–H and O–H groups in total. The molecule has 0 saturated carbocycles. The van der Waals surface area contributed by atoms with E-state index < -0.39 is 0 Å². The zero-order valence-corrected chi connectivity index (χ0v) is 19.6. The summed E-state index contributed by atoms with van der Waals surface area (Å²) in [5.74, 6) is -0.177. The standard InChI is InChI=1S/C21H22Cl3N3OS/c1-4-26(5-2)8-9-27(20(28)14-10-15(22)12-16(23)11-14)21-25-19-13(3)17(24)6-7-18(19)29-21/h6-7,10-12H,4-5,8-9H2,1-3H3. The maximum Gasteiger partial charge on any atom is 0.260 e. The second-order valence-corrected chi connectivity index (χ2v) is 8.95. The quantitative estimate of drug-likeness (QED) is 0.392. The van der Waals surface area contributed by atoms with Gasteiger partial charge in [-0.2, -0.15) is 0 Å². The summed E-state index contributed by atoms with van der Waals surface area (Å²) in [6.45, 7) is 9.23. The first-order valence-corrected chi connectivity index (χ1v) is 11.3. The fraction of sp³-hybridized carbons (Fsp3) is 0.333. The molecule has 0 unspecified atom stereocenters. The van der Waals surface area contributed by atoms with Gasteiger partial charge in [0.05, 0.1) is 10.2 Å². The third kappa shape index (κ3) is 5.04. The molecule has 8 heteroatoms. The summed E-state index contributed by atoms with van der Waals surface area (Å²) in [7, 11) is 0. The molecule has 3 aromatic rings. The van der Waals surface area contributed by atoms with Gasteiger partial charge in [0.2, 0.25) is 0 Å². The molecule has 0 bridgehead atoms. The molecule has 0 atom stereocenters. The molecule has 0 aliphatic heterocycles. The van der Waals surface area contributed by atoms with E-state index in [4.69, 9.17) is 39.8 Å². The molecule has 1 amide bonds. The summed E-state index contributed by atoms with van der Waals surface area (Å²) in [5, 5.41) is 2.16. The minimum Gasteiger partial charge on any atom is -0.302 e. The Labute approximate surface area is 190 Å². The van der Waals surface area contributed by atoms with Crippen LogP contribution in [0.3, 0.4) is 0 Å². The zero-order valence-electron chi connectivity index (χ0n) is 16.5. The maximum atomic E-state index is 13.4. The largest absolute Gasteiger partial charge is 0.302 e. The number of thiazole rings is 1. The van der Waals surface area contributed by atoms with Gasteiger partial charge in [-0.1, -0.05) is 60.0 Å². The fourth-order valence-corrected chi connectivity index (χ4v) is 4.83. The van der Waals surface area contributed by atoms with E-state index in [1.807, 2.05) is 19.1 Å². The first-order chi connectivity index (χ1) is 13.8. The van der Waals surface area contributed by atoms with E-state index in [0.29, 0.717) is 32.3 Å². The van der Waals surface area contributed by atoms with E-state index in [2.05, 4.69) is 18.7 Å². The number of rotatable bonds is 7. The van der Waals surface area contributed by atoms with Crippen LogP contribution in [0.2, 0.25) is 15.1 Å². The smallest absolute Gasteiger partial charge is 0.260 e. The predicted molar refractivity (Wildman–Crippen MR) is 125 cm³/mol. The van der Waals surface area contributed by atoms with Crippen LogP contribution in [-0.2, 0) is 0 Å². The number of carbonyl (C=O) groups is 1. The first kappa shape index (κ1) is 22.3. The van der Waals surface area contributed by atoms with Crippen molar-refractivity contribution in [2.75, 3.05) is 31.1 Å². The van der Waals surface area contributed by atoms with Crippen LogP contribution in [0.1, 0.15) is 29.8 Å². The van der Waals surface area contributed by atoms with Gasteiger partial charge in [-0.15, -0.1) is 0 Å². The number of aromatic nitrogens is 1. The van der Waals surface area contributed by atoms with Gasteiger partial charge in [0.25, 0.3) is 5.91 Å². The molecular formula is C21H22Cl3N3OS. The highest BCUT2D eigenvalue weighted by Gasteiger charge is 2.23. The SMILES string of the molecule is CCN(CC)CCN(C(=O)c1cc(Cl)cc(Cl)c1)c1nc2c(C)c(Cl)ccc2s1. The van der Waals surface area contributed by atoms with Gasteiger partial charge in [-0.3, -0.25) is 9.69 Å². The van der Waals surface area contributed by atoms with Crippen LogP contribution < -0.4 is 4.90 Å². The van der Waals surface area contributed by atoms with E-state index >= 15 is 0 Å². The Morgan fingerprint density at radius 1 is 1.03 bits per heavy atom. The minimum absolute atomic E-state index is 0.177. The minimum atomic E-state index is -0.177.